The van der Waals surface area contributed by atoms with Gasteiger partial charge in [0, 0.05) is 19.4 Å². The molecule has 0 aliphatic carbocycles. The van der Waals surface area contributed by atoms with Crippen molar-refractivity contribution in [3.8, 4) is 0 Å². The Balaban J connectivity index is 0.000000217. The van der Waals surface area contributed by atoms with E-state index in [1.807, 2.05) is 13.1 Å². The van der Waals surface area contributed by atoms with Gasteiger partial charge in [0.1, 0.15) is 5.82 Å². The Bertz CT molecular complexity index is 206. The summed E-state index contributed by atoms with van der Waals surface area (Å²) in [5, 5.41) is 0. The average molecular weight is 165 g/mol. The van der Waals surface area contributed by atoms with E-state index in [0.717, 1.165) is 12.2 Å². The Kier molecular flexibility index (Phi) is 7.03. The lowest BCUT2D eigenvalue weighted by atomic mass is 10.5. The Labute approximate surface area is 73.6 Å². The van der Waals surface area contributed by atoms with Crippen LogP contribution in [-0.4, -0.2) is 23.2 Å². The quantitative estimate of drug-likeness (QED) is 0.596. The van der Waals surface area contributed by atoms with Crippen molar-refractivity contribution in [1.29, 1.82) is 0 Å². The van der Waals surface area contributed by atoms with E-state index < -0.39 is 0 Å². The summed E-state index contributed by atoms with van der Waals surface area (Å²) in [6, 6.07) is 1.80. The van der Waals surface area contributed by atoms with Gasteiger partial charge < -0.3 is 4.99 Å². The molecule has 0 saturated carbocycles. The molecular weight excluding hydrogens is 150 g/mol. The minimum absolute atomic E-state index is 0.822. The van der Waals surface area contributed by atoms with Gasteiger partial charge in [0.2, 0.25) is 0 Å². The summed E-state index contributed by atoms with van der Waals surface area (Å²) in [6.45, 7) is 3.92. The predicted molar refractivity (Wildman–Crippen MR) is 51.5 cm³/mol. The molecular formula is C9H15N3. The van der Waals surface area contributed by atoms with E-state index in [4.69, 9.17) is 0 Å². The van der Waals surface area contributed by atoms with Gasteiger partial charge >= 0.3 is 0 Å². The first-order chi connectivity index (χ1) is 5.81. The zero-order valence-corrected chi connectivity index (χ0v) is 7.86. The highest BCUT2D eigenvalue weighted by Crippen LogP contribution is 1.78. The highest BCUT2D eigenvalue weighted by atomic mass is 14.8. The summed E-state index contributed by atoms with van der Waals surface area (Å²) in [4.78, 5) is 11.5. The maximum atomic E-state index is 3.87. The average Bonchev–Trinajstić information content (AvgIpc) is 2.08. The van der Waals surface area contributed by atoms with E-state index in [2.05, 4.69) is 21.9 Å². The van der Waals surface area contributed by atoms with E-state index in [1.165, 1.54) is 0 Å². The fraction of sp³-hybridized carbons (Fsp3) is 0.444. The Morgan fingerprint density at radius 2 is 2.00 bits per heavy atom. The summed E-state index contributed by atoms with van der Waals surface area (Å²) in [5.41, 5.74) is 0. The van der Waals surface area contributed by atoms with Crippen molar-refractivity contribution in [2.75, 3.05) is 7.05 Å². The van der Waals surface area contributed by atoms with Crippen LogP contribution in [0.2, 0.25) is 0 Å². The molecule has 0 spiro atoms. The summed E-state index contributed by atoms with van der Waals surface area (Å²) >= 11 is 0. The van der Waals surface area contributed by atoms with Crippen molar-refractivity contribution >= 4 is 6.21 Å². The molecule has 0 aliphatic rings. The molecule has 0 fully saturated rings. The number of hydrogen-bond donors (Lipinski definition) is 0. The maximum Gasteiger partial charge on any atom is 0.125 e. The maximum absolute atomic E-state index is 3.87. The third-order valence-corrected chi connectivity index (χ3v) is 1.06. The Morgan fingerprint density at radius 3 is 2.17 bits per heavy atom. The lowest BCUT2D eigenvalue weighted by Crippen LogP contribution is -1.80. The van der Waals surface area contributed by atoms with E-state index in [-0.39, 0.29) is 0 Å². The summed E-state index contributed by atoms with van der Waals surface area (Å²) < 4.78 is 0. The number of hydrogen-bond acceptors (Lipinski definition) is 3. The smallest absolute Gasteiger partial charge is 0.125 e. The standard InChI is InChI=1S/C5H6N2.C4H9N/c1-5-6-3-2-4-7-5;1-3-4-5-2/h2-4H,1H3;4H,3H2,1-2H3. The molecule has 66 valence electrons. The van der Waals surface area contributed by atoms with Crippen LogP contribution in [-0.2, 0) is 0 Å². The molecule has 3 heteroatoms. The molecule has 1 heterocycles. The molecule has 1 rings (SSSR count). The molecule has 0 unspecified atom stereocenters. The Morgan fingerprint density at radius 1 is 1.42 bits per heavy atom. The van der Waals surface area contributed by atoms with Crippen LogP contribution in [0.1, 0.15) is 19.2 Å². The van der Waals surface area contributed by atoms with Gasteiger partial charge in [0.25, 0.3) is 0 Å². The van der Waals surface area contributed by atoms with Gasteiger partial charge in [-0.3, -0.25) is 0 Å². The molecule has 0 N–H and O–H groups in total. The minimum atomic E-state index is 0.822. The highest BCUT2D eigenvalue weighted by molar-refractivity contribution is 5.56. The summed E-state index contributed by atoms with van der Waals surface area (Å²) in [6.07, 6.45) is 6.38. The van der Waals surface area contributed by atoms with Crippen LogP contribution in [0.3, 0.4) is 0 Å². The van der Waals surface area contributed by atoms with Gasteiger partial charge in [-0.25, -0.2) is 9.97 Å². The van der Waals surface area contributed by atoms with E-state index in [9.17, 15) is 0 Å². The number of nitrogens with zero attached hydrogens (tertiary/aromatic N) is 3. The van der Waals surface area contributed by atoms with Crippen molar-refractivity contribution in [3.05, 3.63) is 24.3 Å². The molecule has 3 nitrogen and oxygen atoms in total. The van der Waals surface area contributed by atoms with E-state index >= 15 is 0 Å². The van der Waals surface area contributed by atoms with Crippen LogP contribution in [0.5, 0.6) is 0 Å². The van der Waals surface area contributed by atoms with Gasteiger partial charge in [-0.05, 0) is 25.6 Å². The third kappa shape index (κ3) is 6.86. The van der Waals surface area contributed by atoms with E-state index in [0.29, 0.717) is 0 Å². The van der Waals surface area contributed by atoms with Crippen molar-refractivity contribution in [3.63, 3.8) is 0 Å². The van der Waals surface area contributed by atoms with Gasteiger partial charge in [0.05, 0.1) is 0 Å². The van der Waals surface area contributed by atoms with Gasteiger partial charge in [-0.2, -0.15) is 0 Å². The first-order valence-electron chi connectivity index (χ1n) is 3.95. The van der Waals surface area contributed by atoms with Crippen molar-refractivity contribution in [2.45, 2.75) is 20.3 Å². The topological polar surface area (TPSA) is 38.1 Å². The Hall–Kier alpha value is -1.25. The van der Waals surface area contributed by atoms with Gasteiger partial charge in [0.15, 0.2) is 0 Å². The van der Waals surface area contributed by atoms with Gasteiger partial charge in [-0.15, -0.1) is 0 Å². The summed E-state index contributed by atoms with van der Waals surface area (Å²) in [7, 11) is 1.78. The summed E-state index contributed by atoms with van der Waals surface area (Å²) in [5.74, 6) is 0.822. The van der Waals surface area contributed by atoms with Crippen molar-refractivity contribution in [2.24, 2.45) is 4.99 Å². The van der Waals surface area contributed by atoms with Crippen molar-refractivity contribution < 1.29 is 0 Å². The number of aromatic nitrogens is 2. The highest BCUT2D eigenvalue weighted by Gasteiger charge is 1.74. The van der Waals surface area contributed by atoms with Crippen molar-refractivity contribution in [1.82, 2.24) is 9.97 Å². The molecule has 0 saturated heterocycles. The second-order valence-electron chi connectivity index (χ2n) is 2.15. The van der Waals surface area contributed by atoms with Gasteiger partial charge in [-0.1, -0.05) is 6.92 Å². The molecule has 12 heavy (non-hydrogen) atoms. The first-order valence-corrected chi connectivity index (χ1v) is 3.95. The minimum Gasteiger partial charge on any atom is -0.301 e. The third-order valence-electron chi connectivity index (χ3n) is 1.06. The second kappa shape index (κ2) is 7.85. The number of aliphatic imine (C=N–C) groups is 1. The molecule has 0 radical (unpaired) electrons. The molecule has 0 amide bonds. The second-order valence-corrected chi connectivity index (χ2v) is 2.15. The van der Waals surface area contributed by atoms with Crippen LogP contribution in [0.15, 0.2) is 23.5 Å². The molecule has 0 atom stereocenters. The predicted octanol–water partition coefficient (Wildman–Crippen LogP) is 1.88. The first kappa shape index (κ1) is 10.8. The largest absolute Gasteiger partial charge is 0.301 e. The zero-order chi connectivity index (χ0) is 9.23. The van der Waals surface area contributed by atoms with Crippen LogP contribution in [0.25, 0.3) is 0 Å². The monoisotopic (exact) mass is 165 g/mol. The normalized spacial score (nSPS) is 9.25. The molecule has 0 bridgehead atoms. The lowest BCUT2D eigenvalue weighted by molar-refractivity contribution is 1.05. The number of aryl methyl sites for hydroxylation is 1. The molecule has 0 aliphatic heterocycles. The molecule has 1 aromatic heterocycles. The fourth-order valence-corrected chi connectivity index (χ4v) is 0.556. The van der Waals surface area contributed by atoms with Crippen LogP contribution in [0.4, 0.5) is 0 Å². The fourth-order valence-electron chi connectivity index (χ4n) is 0.556. The van der Waals surface area contributed by atoms with E-state index in [1.54, 1.807) is 25.5 Å². The van der Waals surface area contributed by atoms with Crippen LogP contribution < -0.4 is 0 Å². The SMILES string of the molecule is CCC=NC.Cc1ncccn1. The lowest BCUT2D eigenvalue weighted by Gasteiger charge is -1.81. The van der Waals surface area contributed by atoms with Crippen LogP contribution >= 0.6 is 0 Å². The molecule has 1 aromatic rings. The number of rotatable bonds is 1. The van der Waals surface area contributed by atoms with Crippen LogP contribution in [0, 0.1) is 6.92 Å². The molecule has 0 aromatic carbocycles. The zero-order valence-electron chi connectivity index (χ0n) is 7.86.